The summed E-state index contributed by atoms with van der Waals surface area (Å²) < 4.78 is 12.1. The van der Waals surface area contributed by atoms with Gasteiger partial charge in [-0.2, -0.15) is 0 Å². The first-order valence-corrected chi connectivity index (χ1v) is 7.45. The summed E-state index contributed by atoms with van der Waals surface area (Å²) in [7, 11) is 0. The van der Waals surface area contributed by atoms with Crippen molar-refractivity contribution in [3.63, 3.8) is 0 Å². The number of hydrogen-bond donors (Lipinski definition) is 1. The van der Waals surface area contributed by atoms with Crippen LogP contribution in [-0.2, 0) is 4.74 Å². The Hall–Kier alpha value is -1.40. The van der Waals surface area contributed by atoms with E-state index in [0.717, 1.165) is 23.1 Å². The normalized spacial score (nSPS) is 20.0. The van der Waals surface area contributed by atoms with Crippen molar-refractivity contribution in [2.24, 2.45) is 0 Å². The van der Waals surface area contributed by atoms with Crippen molar-refractivity contribution in [1.29, 1.82) is 0 Å². The Morgan fingerprint density at radius 2 is 2.10 bits per heavy atom. The molecule has 2 atom stereocenters. The predicted molar refractivity (Wildman–Crippen MR) is 78.7 cm³/mol. The van der Waals surface area contributed by atoms with Crippen LogP contribution in [0.2, 0.25) is 0 Å². The monoisotopic (exact) mass is 337 g/mol. The van der Waals surface area contributed by atoms with Gasteiger partial charge in [-0.05, 0) is 31.0 Å². The molecule has 20 heavy (non-hydrogen) atoms. The molecule has 1 N–H and O–H groups in total. The van der Waals surface area contributed by atoms with E-state index in [-0.39, 0.29) is 12.0 Å². The molecule has 0 aliphatic carbocycles. The van der Waals surface area contributed by atoms with Gasteiger partial charge in [0.25, 0.3) is 0 Å². The molecule has 1 fully saturated rings. The average Bonchev–Trinajstić information content (AvgIpc) is 3.09. The Labute approximate surface area is 125 Å². The number of rotatable bonds is 4. The molecule has 1 aliphatic heterocycles. The quantitative estimate of drug-likeness (QED) is 0.924. The minimum absolute atomic E-state index is 0.108. The molecule has 0 saturated carbocycles. The zero-order chi connectivity index (χ0) is 13.9. The van der Waals surface area contributed by atoms with Crippen LogP contribution in [0.3, 0.4) is 0 Å². The van der Waals surface area contributed by atoms with Gasteiger partial charge in [0.1, 0.15) is 0 Å². The molecule has 6 heteroatoms. The van der Waals surface area contributed by atoms with Gasteiger partial charge in [0.05, 0.1) is 18.6 Å². The molecular formula is C14H16BrN3O2. The van der Waals surface area contributed by atoms with E-state index >= 15 is 0 Å². The van der Waals surface area contributed by atoms with Crippen molar-refractivity contribution < 1.29 is 9.15 Å². The van der Waals surface area contributed by atoms with Crippen LogP contribution in [0.15, 0.2) is 33.2 Å². The molecular weight excluding hydrogens is 322 g/mol. The number of hydrogen-bond acceptors (Lipinski definition) is 5. The van der Waals surface area contributed by atoms with Crippen LogP contribution in [0.25, 0.3) is 0 Å². The largest absolute Gasteiger partial charge is 0.408 e. The summed E-state index contributed by atoms with van der Waals surface area (Å²) >= 11 is 3.43. The smallest absolute Gasteiger partial charge is 0.315 e. The minimum Gasteiger partial charge on any atom is -0.408 e. The minimum atomic E-state index is 0.108. The summed E-state index contributed by atoms with van der Waals surface area (Å²) in [4.78, 5) is 0. The molecule has 0 amide bonds. The van der Waals surface area contributed by atoms with E-state index < -0.39 is 0 Å². The third-order valence-corrected chi connectivity index (χ3v) is 3.96. The third kappa shape index (κ3) is 3.02. The predicted octanol–water partition coefficient (Wildman–Crippen LogP) is 3.51. The fraction of sp³-hybridized carbons (Fsp3) is 0.429. The number of halogens is 1. The zero-order valence-corrected chi connectivity index (χ0v) is 12.8. The van der Waals surface area contributed by atoms with Gasteiger partial charge in [-0.3, -0.25) is 0 Å². The van der Waals surface area contributed by atoms with Gasteiger partial charge in [-0.1, -0.05) is 33.2 Å². The van der Waals surface area contributed by atoms with Gasteiger partial charge in [0.15, 0.2) is 0 Å². The van der Waals surface area contributed by atoms with Crippen LogP contribution in [0, 0.1) is 0 Å². The van der Waals surface area contributed by atoms with Gasteiger partial charge in [0, 0.05) is 11.1 Å². The lowest BCUT2D eigenvalue weighted by Crippen LogP contribution is -2.06. The first-order chi connectivity index (χ1) is 9.72. The maximum absolute atomic E-state index is 5.66. The first-order valence-electron chi connectivity index (χ1n) is 6.65. The fourth-order valence-corrected chi connectivity index (χ4v) is 2.47. The zero-order valence-electron chi connectivity index (χ0n) is 11.2. The van der Waals surface area contributed by atoms with Crippen LogP contribution in [-0.4, -0.2) is 23.4 Å². The van der Waals surface area contributed by atoms with E-state index in [9.17, 15) is 0 Å². The average molecular weight is 338 g/mol. The van der Waals surface area contributed by atoms with Gasteiger partial charge in [-0.25, -0.2) is 0 Å². The topological polar surface area (TPSA) is 60.2 Å². The van der Waals surface area contributed by atoms with E-state index in [2.05, 4.69) is 50.5 Å². The number of nitrogens with zero attached hydrogens (tertiary/aromatic N) is 2. The lowest BCUT2D eigenvalue weighted by Gasteiger charge is -2.12. The molecule has 0 spiro atoms. The number of ether oxygens (including phenoxy) is 1. The molecule has 1 saturated heterocycles. The summed E-state index contributed by atoms with van der Waals surface area (Å²) in [6.07, 6.45) is 0.948. The Kier molecular flexibility index (Phi) is 4.03. The molecule has 1 aliphatic rings. The Balaban J connectivity index is 1.66. The van der Waals surface area contributed by atoms with Crippen molar-refractivity contribution in [3.05, 3.63) is 40.2 Å². The molecule has 3 rings (SSSR count). The van der Waals surface area contributed by atoms with Gasteiger partial charge in [0.2, 0.25) is 5.89 Å². The third-order valence-electron chi connectivity index (χ3n) is 3.43. The number of aromatic nitrogens is 2. The standard InChI is InChI=1S/C14H16BrN3O2/c1-9(10-2-4-12(15)5-3-10)16-14-18-17-13(20-14)11-6-7-19-8-11/h2-5,9,11H,6-8H2,1H3,(H,16,18). The summed E-state index contributed by atoms with van der Waals surface area (Å²) in [5.74, 6) is 0.897. The highest BCUT2D eigenvalue weighted by atomic mass is 79.9. The van der Waals surface area contributed by atoms with E-state index in [4.69, 9.17) is 9.15 Å². The second kappa shape index (κ2) is 5.93. The highest BCUT2D eigenvalue weighted by Gasteiger charge is 2.23. The SMILES string of the molecule is CC(Nc1nnc(C2CCOC2)o1)c1ccc(Br)cc1. The lowest BCUT2D eigenvalue weighted by atomic mass is 10.1. The van der Waals surface area contributed by atoms with Crippen molar-refractivity contribution >= 4 is 21.9 Å². The highest BCUT2D eigenvalue weighted by Crippen LogP contribution is 2.26. The molecule has 0 radical (unpaired) electrons. The van der Waals surface area contributed by atoms with Crippen LogP contribution in [0.4, 0.5) is 6.01 Å². The van der Waals surface area contributed by atoms with Crippen molar-refractivity contribution in [2.45, 2.75) is 25.3 Å². The molecule has 5 nitrogen and oxygen atoms in total. The molecule has 2 unspecified atom stereocenters. The highest BCUT2D eigenvalue weighted by molar-refractivity contribution is 9.10. The van der Waals surface area contributed by atoms with Crippen molar-refractivity contribution in [3.8, 4) is 0 Å². The fourth-order valence-electron chi connectivity index (χ4n) is 2.21. The Morgan fingerprint density at radius 1 is 1.30 bits per heavy atom. The van der Waals surface area contributed by atoms with Crippen LogP contribution in [0.1, 0.15) is 36.8 Å². The first kappa shape index (κ1) is 13.6. The van der Waals surface area contributed by atoms with E-state index in [1.165, 1.54) is 0 Å². The van der Waals surface area contributed by atoms with Gasteiger partial charge >= 0.3 is 6.01 Å². The molecule has 0 bridgehead atoms. The molecule has 1 aromatic carbocycles. The van der Waals surface area contributed by atoms with Crippen molar-refractivity contribution in [1.82, 2.24) is 10.2 Å². The van der Waals surface area contributed by atoms with Gasteiger partial charge < -0.3 is 14.5 Å². The number of benzene rings is 1. The summed E-state index contributed by atoms with van der Waals surface area (Å²) in [6, 6.07) is 8.72. The Morgan fingerprint density at radius 3 is 2.80 bits per heavy atom. The number of anilines is 1. The van der Waals surface area contributed by atoms with Gasteiger partial charge in [-0.15, -0.1) is 5.10 Å². The van der Waals surface area contributed by atoms with Crippen LogP contribution < -0.4 is 5.32 Å². The maximum atomic E-state index is 5.66. The molecule has 2 aromatic rings. The van der Waals surface area contributed by atoms with Crippen LogP contribution >= 0.6 is 15.9 Å². The lowest BCUT2D eigenvalue weighted by molar-refractivity contribution is 0.191. The summed E-state index contributed by atoms with van der Waals surface area (Å²) in [6.45, 7) is 3.50. The molecule has 106 valence electrons. The summed E-state index contributed by atoms with van der Waals surface area (Å²) in [5.41, 5.74) is 1.16. The number of nitrogens with one attached hydrogen (secondary N) is 1. The van der Waals surface area contributed by atoms with Crippen LogP contribution in [0.5, 0.6) is 0 Å². The molecule has 2 heterocycles. The van der Waals surface area contributed by atoms with E-state index in [0.29, 0.717) is 18.5 Å². The van der Waals surface area contributed by atoms with E-state index in [1.54, 1.807) is 0 Å². The maximum Gasteiger partial charge on any atom is 0.315 e. The second-order valence-electron chi connectivity index (χ2n) is 4.92. The molecule has 1 aromatic heterocycles. The van der Waals surface area contributed by atoms with E-state index in [1.807, 2.05) is 12.1 Å². The Bertz CT molecular complexity index is 564. The summed E-state index contributed by atoms with van der Waals surface area (Å²) in [5, 5.41) is 11.4. The second-order valence-corrected chi connectivity index (χ2v) is 5.84. The van der Waals surface area contributed by atoms with Crippen molar-refractivity contribution in [2.75, 3.05) is 18.5 Å².